The first kappa shape index (κ1) is 15.5. The summed E-state index contributed by atoms with van der Waals surface area (Å²) in [6.45, 7) is 6.51. The van der Waals surface area contributed by atoms with Crippen LogP contribution in [0.4, 0.5) is 5.69 Å². The Kier molecular flexibility index (Phi) is 4.60. The van der Waals surface area contributed by atoms with E-state index in [9.17, 15) is 5.11 Å². The number of para-hydroxylation sites is 1. The van der Waals surface area contributed by atoms with Gasteiger partial charge in [0.2, 0.25) is 0 Å². The van der Waals surface area contributed by atoms with Gasteiger partial charge in [0.1, 0.15) is 23.4 Å². The Morgan fingerprint density at radius 2 is 2.04 bits per heavy atom. The highest BCUT2D eigenvalue weighted by Gasteiger charge is 2.26. The number of hydrogen-bond donors (Lipinski definition) is 1. The predicted octanol–water partition coefficient (Wildman–Crippen LogP) is 3.62. The molecule has 0 aliphatic carbocycles. The van der Waals surface area contributed by atoms with E-state index in [1.54, 1.807) is 12.1 Å². The fourth-order valence-electron chi connectivity index (χ4n) is 3.04. The molecule has 0 bridgehead atoms. The fourth-order valence-corrected chi connectivity index (χ4v) is 3.04. The number of phenolic OH excluding ortho intramolecular Hbond substituents is 1. The maximum atomic E-state index is 9.72. The summed E-state index contributed by atoms with van der Waals surface area (Å²) < 4.78 is 11.8. The molecule has 1 atom stereocenters. The van der Waals surface area contributed by atoms with E-state index < -0.39 is 0 Å². The van der Waals surface area contributed by atoms with Gasteiger partial charge in [-0.25, -0.2) is 0 Å². The van der Waals surface area contributed by atoms with E-state index in [0.29, 0.717) is 6.61 Å². The maximum Gasteiger partial charge on any atom is 0.146 e. The largest absolute Gasteiger partial charge is 0.508 e. The fraction of sp³-hybridized carbons (Fsp3) is 0.368. The lowest BCUT2D eigenvalue weighted by atomic mass is 10.0. The summed E-state index contributed by atoms with van der Waals surface area (Å²) in [6, 6.07) is 13.4. The van der Waals surface area contributed by atoms with Crippen molar-refractivity contribution < 1.29 is 14.6 Å². The van der Waals surface area contributed by atoms with Crippen molar-refractivity contribution >= 4 is 5.69 Å². The summed E-state index contributed by atoms with van der Waals surface area (Å²) >= 11 is 0. The summed E-state index contributed by atoms with van der Waals surface area (Å²) in [5.74, 6) is 1.90. The molecular formula is C19H23NO3. The van der Waals surface area contributed by atoms with Crippen LogP contribution in [0, 0.1) is 0 Å². The Labute approximate surface area is 137 Å². The van der Waals surface area contributed by atoms with Gasteiger partial charge < -0.3 is 19.5 Å². The smallest absolute Gasteiger partial charge is 0.146 e. The Morgan fingerprint density at radius 3 is 2.83 bits per heavy atom. The van der Waals surface area contributed by atoms with Crippen LogP contribution in [0.2, 0.25) is 0 Å². The first-order chi connectivity index (χ1) is 11.2. The highest BCUT2D eigenvalue weighted by atomic mass is 16.5. The van der Waals surface area contributed by atoms with Crippen LogP contribution in [0.5, 0.6) is 17.2 Å². The third-order valence-corrected chi connectivity index (χ3v) is 4.10. The molecular weight excluding hydrogens is 290 g/mol. The quantitative estimate of drug-likeness (QED) is 0.915. The number of rotatable bonds is 5. The highest BCUT2D eigenvalue weighted by Crippen LogP contribution is 2.37. The Bertz CT molecular complexity index is 671. The minimum atomic E-state index is 0.0332. The van der Waals surface area contributed by atoms with Crippen LogP contribution in [0.3, 0.4) is 0 Å². The predicted molar refractivity (Wildman–Crippen MR) is 91.7 cm³/mol. The number of benzene rings is 2. The molecule has 3 rings (SSSR count). The first-order valence-electron chi connectivity index (χ1n) is 8.16. The van der Waals surface area contributed by atoms with Crippen molar-refractivity contribution in [3.05, 3.63) is 48.0 Å². The molecule has 2 aromatic rings. The van der Waals surface area contributed by atoms with E-state index in [1.165, 1.54) is 0 Å². The Balaban J connectivity index is 1.82. The normalized spacial score (nSPS) is 16.6. The molecule has 2 aromatic carbocycles. The van der Waals surface area contributed by atoms with Gasteiger partial charge in [-0.05, 0) is 37.6 Å². The molecule has 23 heavy (non-hydrogen) atoms. The summed E-state index contributed by atoms with van der Waals surface area (Å²) in [7, 11) is 0. The van der Waals surface area contributed by atoms with E-state index in [1.807, 2.05) is 31.2 Å². The van der Waals surface area contributed by atoms with Crippen LogP contribution in [0.25, 0.3) is 0 Å². The molecule has 0 saturated carbocycles. The molecule has 0 radical (unpaired) electrons. The molecule has 0 fully saturated rings. The average Bonchev–Trinajstić information content (AvgIpc) is 2.55. The molecule has 1 aliphatic rings. The van der Waals surface area contributed by atoms with Gasteiger partial charge in [-0.15, -0.1) is 0 Å². The highest BCUT2D eigenvalue weighted by molar-refractivity contribution is 5.62. The zero-order valence-corrected chi connectivity index (χ0v) is 13.7. The molecule has 1 N–H and O–H groups in total. The van der Waals surface area contributed by atoms with Gasteiger partial charge in [0.05, 0.1) is 18.8 Å². The second kappa shape index (κ2) is 6.82. The number of likely N-dealkylation sites (N-methyl/N-ethyl adjacent to an activating group) is 1. The maximum absolute atomic E-state index is 9.72. The van der Waals surface area contributed by atoms with E-state index in [0.717, 1.165) is 42.3 Å². The molecule has 1 heterocycles. The summed E-state index contributed by atoms with van der Waals surface area (Å²) in [6.07, 6.45) is 0.813. The van der Waals surface area contributed by atoms with Crippen molar-refractivity contribution in [2.75, 3.05) is 24.6 Å². The van der Waals surface area contributed by atoms with Crippen LogP contribution in [-0.4, -0.2) is 30.9 Å². The molecule has 0 spiro atoms. The van der Waals surface area contributed by atoms with Crippen molar-refractivity contribution in [3.63, 3.8) is 0 Å². The van der Waals surface area contributed by atoms with E-state index in [2.05, 4.69) is 17.9 Å². The van der Waals surface area contributed by atoms with Crippen LogP contribution in [0.15, 0.2) is 42.5 Å². The molecule has 4 heteroatoms. The van der Waals surface area contributed by atoms with Gasteiger partial charge >= 0.3 is 0 Å². The molecule has 4 nitrogen and oxygen atoms in total. The Morgan fingerprint density at radius 1 is 1.22 bits per heavy atom. The van der Waals surface area contributed by atoms with Gasteiger partial charge in [-0.2, -0.15) is 0 Å². The lowest BCUT2D eigenvalue weighted by Crippen LogP contribution is -2.41. The van der Waals surface area contributed by atoms with Crippen molar-refractivity contribution in [2.45, 2.75) is 26.4 Å². The zero-order chi connectivity index (χ0) is 16.2. The van der Waals surface area contributed by atoms with Crippen molar-refractivity contribution in [3.8, 4) is 17.2 Å². The minimum absolute atomic E-state index is 0.0332. The van der Waals surface area contributed by atoms with Gasteiger partial charge in [0.15, 0.2) is 0 Å². The first-order valence-corrected chi connectivity index (χ1v) is 8.16. The van der Waals surface area contributed by atoms with Crippen molar-refractivity contribution in [1.29, 1.82) is 0 Å². The monoisotopic (exact) mass is 313 g/mol. The number of anilines is 1. The SMILES string of the molecule is CCOc1ccccc1CC1CN(CC)c2ccc(O)cc2O1. The molecule has 0 aromatic heterocycles. The number of aromatic hydroxyl groups is 1. The topological polar surface area (TPSA) is 41.9 Å². The third-order valence-electron chi connectivity index (χ3n) is 4.10. The van der Waals surface area contributed by atoms with Gasteiger partial charge in [0.25, 0.3) is 0 Å². The van der Waals surface area contributed by atoms with E-state index in [4.69, 9.17) is 9.47 Å². The zero-order valence-electron chi connectivity index (χ0n) is 13.7. The molecule has 1 unspecified atom stereocenters. The van der Waals surface area contributed by atoms with Gasteiger partial charge in [-0.1, -0.05) is 18.2 Å². The third kappa shape index (κ3) is 3.36. The lowest BCUT2D eigenvalue weighted by molar-refractivity contribution is 0.191. The van der Waals surface area contributed by atoms with Crippen LogP contribution >= 0.6 is 0 Å². The summed E-state index contributed by atoms with van der Waals surface area (Å²) in [5, 5.41) is 9.72. The molecule has 0 saturated heterocycles. The number of nitrogens with zero attached hydrogens (tertiary/aromatic N) is 1. The van der Waals surface area contributed by atoms with E-state index in [-0.39, 0.29) is 11.9 Å². The van der Waals surface area contributed by atoms with Crippen LogP contribution in [0.1, 0.15) is 19.4 Å². The second-order valence-corrected chi connectivity index (χ2v) is 5.68. The summed E-state index contributed by atoms with van der Waals surface area (Å²) in [5.41, 5.74) is 2.19. The number of ether oxygens (including phenoxy) is 2. The number of hydrogen-bond acceptors (Lipinski definition) is 4. The Hall–Kier alpha value is -2.36. The van der Waals surface area contributed by atoms with Gasteiger partial charge in [-0.3, -0.25) is 0 Å². The number of fused-ring (bicyclic) bond motifs is 1. The van der Waals surface area contributed by atoms with Crippen LogP contribution in [-0.2, 0) is 6.42 Å². The standard InChI is InChI=1S/C19H23NO3/c1-3-20-13-16(23-19-12-15(21)9-10-17(19)20)11-14-7-5-6-8-18(14)22-4-2/h5-10,12,16,21H,3-4,11,13H2,1-2H3. The molecule has 0 amide bonds. The lowest BCUT2D eigenvalue weighted by Gasteiger charge is -2.36. The molecule has 1 aliphatic heterocycles. The minimum Gasteiger partial charge on any atom is -0.508 e. The number of phenols is 1. The van der Waals surface area contributed by atoms with Gasteiger partial charge in [0, 0.05) is 19.0 Å². The second-order valence-electron chi connectivity index (χ2n) is 5.68. The van der Waals surface area contributed by atoms with E-state index >= 15 is 0 Å². The molecule has 122 valence electrons. The van der Waals surface area contributed by atoms with Crippen molar-refractivity contribution in [1.82, 2.24) is 0 Å². The van der Waals surface area contributed by atoms with Crippen molar-refractivity contribution in [2.24, 2.45) is 0 Å². The summed E-state index contributed by atoms with van der Waals surface area (Å²) in [4.78, 5) is 2.28. The average molecular weight is 313 g/mol. The van der Waals surface area contributed by atoms with Crippen LogP contribution < -0.4 is 14.4 Å².